The summed E-state index contributed by atoms with van der Waals surface area (Å²) in [7, 11) is 0. The third kappa shape index (κ3) is 2.11. The van der Waals surface area contributed by atoms with Gasteiger partial charge in [0.2, 0.25) is 0 Å². The Morgan fingerprint density at radius 2 is 2.24 bits per heavy atom. The Kier molecular flexibility index (Phi) is 3.05. The van der Waals surface area contributed by atoms with Crippen LogP contribution in [0.1, 0.15) is 23.7 Å². The number of hydrogen-bond acceptors (Lipinski definition) is 5. The van der Waals surface area contributed by atoms with Crippen molar-refractivity contribution in [2.75, 3.05) is 13.1 Å². The van der Waals surface area contributed by atoms with Gasteiger partial charge in [0.25, 0.3) is 11.5 Å². The van der Waals surface area contributed by atoms with E-state index in [4.69, 9.17) is 0 Å². The van der Waals surface area contributed by atoms with Crippen LogP contribution < -0.4 is 5.56 Å². The van der Waals surface area contributed by atoms with Gasteiger partial charge in [0.15, 0.2) is 4.96 Å². The lowest BCUT2D eigenvalue weighted by Gasteiger charge is -2.19. The largest absolute Gasteiger partial charge is 0.481 e. The maximum Gasteiger partial charge on any atom is 0.311 e. The van der Waals surface area contributed by atoms with Crippen LogP contribution in [0.15, 0.2) is 22.6 Å². The quantitative estimate of drug-likeness (QED) is 0.881. The fraction of sp³-hybridized carbons (Fsp3) is 0.385. The summed E-state index contributed by atoms with van der Waals surface area (Å²) in [6.07, 6.45) is 3.22. The zero-order valence-corrected chi connectivity index (χ0v) is 12.1. The van der Waals surface area contributed by atoms with E-state index in [-0.39, 0.29) is 12.1 Å². The fourth-order valence-electron chi connectivity index (χ4n) is 2.45. The van der Waals surface area contributed by atoms with Gasteiger partial charge in [-0.2, -0.15) is 0 Å². The molecule has 3 rings (SSSR count). The molecule has 110 valence electrons. The Hall–Kier alpha value is -2.22. The van der Waals surface area contributed by atoms with Gasteiger partial charge < -0.3 is 10.0 Å². The van der Waals surface area contributed by atoms with Crippen molar-refractivity contribution in [1.29, 1.82) is 0 Å². The van der Waals surface area contributed by atoms with Crippen molar-refractivity contribution < 1.29 is 14.7 Å². The predicted molar refractivity (Wildman–Crippen MR) is 75.6 cm³/mol. The number of aliphatic carboxylic acids is 1. The number of amides is 1. The lowest BCUT2D eigenvalue weighted by molar-refractivity contribution is -0.147. The summed E-state index contributed by atoms with van der Waals surface area (Å²) < 4.78 is 1.32. The number of carbonyl (C=O) groups excluding carboxylic acids is 1. The van der Waals surface area contributed by atoms with E-state index in [1.807, 2.05) is 0 Å². The van der Waals surface area contributed by atoms with Gasteiger partial charge in [0.1, 0.15) is 5.56 Å². The number of likely N-dealkylation sites (tertiary alicyclic amines) is 1. The Bertz CT molecular complexity index is 796. The molecule has 1 amide bonds. The van der Waals surface area contributed by atoms with Crippen molar-refractivity contribution in [1.82, 2.24) is 14.3 Å². The van der Waals surface area contributed by atoms with Gasteiger partial charge in [-0.05, 0) is 13.3 Å². The summed E-state index contributed by atoms with van der Waals surface area (Å²) >= 11 is 1.31. The number of rotatable bonds is 2. The van der Waals surface area contributed by atoms with Crippen LogP contribution in [0, 0.1) is 5.41 Å². The molecule has 1 unspecified atom stereocenters. The molecule has 2 aromatic rings. The molecular weight excluding hydrogens is 294 g/mol. The zero-order valence-electron chi connectivity index (χ0n) is 11.3. The van der Waals surface area contributed by atoms with E-state index in [0.29, 0.717) is 17.9 Å². The molecule has 0 bridgehead atoms. The van der Waals surface area contributed by atoms with Crippen LogP contribution in [-0.4, -0.2) is 44.4 Å². The number of carbonyl (C=O) groups is 2. The molecule has 1 aliphatic rings. The second-order valence-electron chi connectivity index (χ2n) is 5.38. The van der Waals surface area contributed by atoms with E-state index in [1.54, 1.807) is 18.5 Å². The van der Waals surface area contributed by atoms with Crippen molar-refractivity contribution in [3.8, 4) is 0 Å². The van der Waals surface area contributed by atoms with Crippen LogP contribution in [0.3, 0.4) is 0 Å². The first-order chi connectivity index (χ1) is 9.92. The molecule has 2 aromatic heterocycles. The van der Waals surface area contributed by atoms with Crippen molar-refractivity contribution in [3.05, 3.63) is 33.7 Å². The number of thiazole rings is 1. The molecule has 1 atom stereocenters. The molecule has 8 heteroatoms. The predicted octanol–water partition coefficient (Wildman–Crippen LogP) is 0.693. The molecule has 0 aliphatic carbocycles. The molecule has 1 aliphatic heterocycles. The molecule has 0 radical (unpaired) electrons. The molecule has 1 N–H and O–H groups in total. The second kappa shape index (κ2) is 4.66. The van der Waals surface area contributed by atoms with Gasteiger partial charge in [-0.15, -0.1) is 11.3 Å². The first-order valence-electron chi connectivity index (χ1n) is 6.40. The number of fused-ring (bicyclic) bond motifs is 1. The van der Waals surface area contributed by atoms with E-state index in [2.05, 4.69) is 4.98 Å². The first-order valence-corrected chi connectivity index (χ1v) is 7.28. The number of carboxylic acids is 1. The Labute approximate surface area is 123 Å². The highest BCUT2D eigenvalue weighted by molar-refractivity contribution is 7.15. The van der Waals surface area contributed by atoms with Crippen molar-refractivity contribution in [2.45, 2.75) is 13.3 Å². The Morgan fingerprint density at radius 3 is 2.90 bits per heavy atom. The minimum atomic E-state index is -0.953. The molecule has 0 spiro atoms. The second-order valence-corrected chi connectivity index (χ2v) is 6.25. The van der Waals surface area contributed by atoms with Crippen molar-refractivity contribution >= 4 is 28.2 Å². The zero-order chi connectivity index (χ0) is 15.2. The van der Waals surface area contributed by atoms with Gasteiger partial charge >= 0.3 is 5.97 Å². The van der Waals surface area contributed by atoms with Crippen LogP contribution in [-0.2, 0) is 4.79 Å². The Morgan fingerprint density at radius 1 is 1.48 bits per heavy atom. The maximum atomic E-state index is 12.4. The average Bonchev–Trinajstić information content (AvgIpc) is 3.06. The van der Waals surface area contributed by atoms with Gasteiger partial charge in [-0.25, -0.2) is 4.98 Å². The normalized spacial score (nSPS) is 21.9. The average molecular weight is 307 g/mol. The maximum absolute atomic E-state index is 12.4. The highest BCUT2D eigenvalue weighted by atomic mass is 32.1. The van der Waals surface area contributed by atoms with E-state index in [0.717, 1.165) is 0 Å². The van der Waals surface area contributed by atoms with Crippen LogP contribution >= 0.6 is 11.3 Å². The summed E-state index contributed by atoms with van der Waals surface area (Å²) in [5.74, 6) is -1.39. The smallest absolute Gasteiger partial charge is 0.311 e. The van der Waals surface area contributed by atoms with Crippen LogP contribution in [0.4, 0.5) is 0 Å². The van der Waals surface area contributed by atoms with Crippen LogP contribution in [0.2, 0.25) is 0 Å². The third-order valence-electron chi connectivity index (χ3n) is 3.85. The molecule has 7 nitrogen and oxygen atoms in total. The van der Waals surface area contributed by atoms with Gasteiger partial charge in [0.05, 0.1) is 5.41 Å². The van der Waals surface area contributed by atoms with Gasteiger partial charge in [-0.3, -0.25) is 18.8 Å². The molecule has 1 fully saturated rings. The highest BCUT2D eigenvalue weighted by Crippen LogP contribution is 2.30. The highest BCUT2D eigenvalue weighted by Gasteiger charge is 2.42. The third-order valence-corrected chi connectivity index (χ3v) is 4.62. The summed E-state index contributed by atoms with van der Waals surface area (Å²) in [5, 5.41) is 10.9. The summed E-state index contributed by atoms with van der Waals surface area (Å²) in [4.78, 5) is 41.9. The first kappa shape index (κ1) is 13.7. The van der Waals surface area contributed by atoms with Gasteiger partial charge in [0, 0.05) is 30.9 Å². The topological polar surface area (TPSA) is 92.0 Å². The van der Waals surface area contributed by atoms with E-state index in [9.17, 15) is 19.5 Å². The lowest BCUT2D eigenvalue weighted by Crippen LogP contribution is -2.37. The van der Waals surface area contributed by atoms with E-state index < -0.39 is 22.9 Å². The summed E-state index contributed by atoms with van der Waals surface area (Å²) in [6.45, 7) is 2.04. The number of aromatic nitrogens is 2. The molecule has 21 heavy (non-hydrogen) atoms. The van der Waals surface area contributed by atoms with Crippen molar-refractivity contribution in [3.63, 3.8) is 0 Å². The number of nitrogens with zero attached hydrogens (tertiary/aromatic N) is 3. The molecule has 0 saturated carbocycles. The standard InChI is InChI=1S/C13H13N3O4S/c1-13(11(19)20)2-3-15(7-13)9(17)8-6-14-12-16(10(8)18)4-5-21-12/h4-6H,2-3,7H2,1H3,(H,19,20). The number of hydrogen-bond donors (Lipinski definition) is 1. The molecule has 3 heterocycles. The number of carboxylic acid groups (broad SMARTS) is 1. The Balaban J connectivity index is 1.93. The monoisotopic (exact) mass is 307 g/mol. The van der Waals surface area contributed by atoms with E-state index in [1.165, 1.54) is 26.8 Å². The fourth-order valence-corrected chi connectivity index (χ4v) is 3.13. The molecule has 1 saturated heterocycles. The van der Waals surface area contributed by atoms with Gasteiger partial charge in [-0.1, -0.05) is 0 Å². The summed E-state index contributed by atoms with van der Waals surface area (Å²) in [6, 6.07) is 0. The summed E-state index contributed by atoms with van der Waals surface area (Å²) in [5.41, 5.74) is -1.40. The molecular formula is C13H13N3O4S. The van der Waals surface area contributed by atoms with Crippen LogP contribution in [0.5, 0.6) is 0 Å². The lowest BCUT2D eigenvalue weighted by atomic mass is 9.90. The minimum absolute atomic E-state index is 0.0273. The van der Waals surface area contributed by atoms with Crippen molar-refractivity contribution in [2.24, 2.45) is 5.41 Å². The molecule has 0 aromatic carbocycles. The van der Waals surface area contributed by atoms with Crippen LogP contribution in [0.25, 0.3) is 4.96 Å². The minimum Gasteiger partial charge on any atom is -0.481 e. The SMILES string of the molecule is CC1(C(=O)O)CCN(C(=O)c2cnc3sccn3c2=O)C1. The van der Waals surface area contributed by atoms with E-state index >= 15 is 0 Å².